The predicted octanol–water partition coefficient (Wildman–Crippen LogP) is 13.6. The molecule has 0 saturated carbocycles. The fourth-order valence-electron chi connectivity index (χ4n) is 8.41. The van der Waals surface area contributed by atoms with Crippen molar-refractivity contribution in [2.45, 2.75) is 246 Å². The molecule has 7 nitrogen and oxygen atoms in total. The topological polar surface area (TPSA) is 96.3 Å². The first-order valence-electron chi connectivity index (χ1n) is 25.2. The molecule has 0 bridgehead atoms. The van der Waals surface area contributed by atoms with Crippen LogP contribution in [0, 0.1) is 17.8 Å². The first-order valence-corrected chi connectivity index (χ1v) is 25.2. The van der Waals surface area contributed by atoms with Crippen molar-refractivity contribution >= 4 is 11.9 Å². The van der Waals surface area contributed by atoms with Crippen molar-refractivity contribution in [3.05, 3.63) is 0 Å². The SMILES string of the molecule is CCCCCCCC(CCCCC)CCOC(=O)CCCCCCN(CCCCO)CC(CCO)CCCCC(=O)OCCC(CCCCC)CCCCCCC. The van der Waals surface area contributed by atoms with Crippen LogP contribution in [-0.4, -0.2) is 73.1 Å². The number of aliphatic hydroxyl groups excluding tert-OH is 2. The largest absolute Gasteiger partial charge is 0.466 e. The number of carbonyl (C=O) groups excluding carboxylic acids is 2. The summed E-state index contributed by atoms with van der Waals surface area (Å²) in [5.41, 5.74) is 0. The Labute approximate surface area is 355 Å². The van der Waals surface area contributed by atoms with E-state index in [0.717, 1.165) is 96.7 Å². The molecule has 340 valence electrons. The molecule has 0 aliphatic heterocycles. The van der Waals surface area contributed by atoms with Crippen LogP contribution in [-0.2, 0) is 19.1 Å². The maximum Gasteiger partial charge on any atom is 0.305 e. The van der Waals surface area contributed by atoms with Crippen molar-refractivity contribution in [3.63, 3.8) is 0 Å². The zero-order valence-corrected chi connectivity index (χ0v) is 38.7. The molecule has 0 rings (SSSR count). The number of aliphatic hydroxyl groups is 2. The summed E-state index contributed by atoms with van der Waals surface area (Å²) in [6.07, 6.45) is 38.4. The van der Waals surface area contributed by atoms with Crippen LogP contribution in [0.4, 0.5) is 0 Å². The summed E-state index contributed by atoms with van der Waals surface area (Å²) in [7, 11) is 0. The van der Waals surface area contributed by atoms with Gasteiger partial charge in [0.25, 0.3) is 0 Å². The van der Waals surface area contributed by atoms with Crippen molar-refractivity contribution in [2.75, 3.05) is 46.1 Å². The summed E-state index contributed by atoms with van der Waals surface area (Å²) in [5.74, 6) is 1.67. The summed E-state index contributed by atoms with van der Waals surface area (Å²) in [6, 6.07) is 0. The highest BCUT2D eigenvalue weighted by Gasteiger charge is 2.16. The van der Waals surface area contributed by atoms with Gasteiger partial charge in [0.05, 0.1) is 13.2 Å². The molecule has 0 fully saturated rings. The molecular weight excluding hydrogens is 711 g/mol. The van der Waals surface area contributed by atoms with Crippen molar-refractivity contribution in [3.8, 4) is 0 Å². The first-order chi connectivity index (χ1) is 27.9. The average molecular weight is 810 g/mol. The molecule has 0 aromatic carbocycles. The number of rotatable bonds is 46. The predicted molar refractivity (Wildman–Crippen MR) is 243 cm³/mol. The molecule has 3 unspecified atom stereocenters. The lowest BCUT2D eigenvalue weighted by Crippen LogP contribution is -2.32. The minimum atomic E-state index is -0.0576. The van der Waals surface area contributed by atoms with Gasteiger partial charge in [0.1, 0.15) is 0 Å². The smallest absolute Gasteiger partial charge is 0.305 e. The summed E-state index contributed by atoms with van der Waals surface area (Å²) >= 11 is 0. The Hall–Kier alpha value is -1.18. The molecule has 0 radical (unpaired) electrons. The Kier molecular flexibility index (Phi) is 43.5. The summed E-state index contributed by atoms with van der Waals surface area (Å²) < 4.78 is 11.4. The van der Waals surface area contributed by atoms with Crippen LogP contribution in [0.1, 0.15) is 246 Å². The number of hydrogen-bond acceptors (Lipinski definition) is 7. The molecule has 57 heavy (non-hydrogen) atoms. The minimum absolute atomic E-state index is 0.0362. The third-order valence-electron chi connectivity index (χ3n) is 12.2. The Morgan fingerprint density at radius 1 is 0.404 bits per heavy atom. The van der Waals surface area contributed by atoms with Crippen molar-refractivity contribution in [1.82, 2.24) is 4.90 Å². The molecule has 0 heterocycles. The molecule has 0 amide bonds. The lowest BCUT2D eigenvalue weighted by Gasteiger charge is -2.27. The highest BCUT2D eigenvalue weighted by molar-refractivity contribution is 5.69. The number of hydrogen-bond donors (Lipinski definition) is 2. The number of carbonyl (C=O) groups is 2. The first kappa shape index (κ1) is 55.8. The highest BCUT2D eigenvalue weighted by Crippen LogP contribution is 2.24. The third-order valence-corrected chi connectivity index (χ3v) is 12.2. The van der Waals surface area contributed by atoms with Gasteiger partial charge in [0.2, 0.25) is 0 Å². The van der Waals surface area contributed by atoms with Crippen LogP contribution in [0.15, 0.2) is 0 Å². The maximum atomic E-state index is 12.6. The Bertz CT molecular complexity index is 840. The van der Waals surface area contributed by atoms with Gasteiger partial charge in [0, 0.05) is 32.6 Å². The van der Waals surface area contributed by atoms with Gasteiger partial charge in [-0.2, -0.15) is 0 Å². The van der Waals surface area contributed by atoms with Crippen LogP contribution in [0.5, 0.6) is 0 Å². The van der Waals surface area contributed by atoms with Crippen LogP contribution < -0.4 is 0 Å². The molecule has 2 N–H and O–H groups in total. The van der Waals surface area contributed by atoms with E-state index in [1.54, 1.807) is 0 Å². The van der Waals surface area contributed by atoms with E-state index in [1.807, 2.05) is 0 Å². The molecular formula is C50H99NO6. The minimum Gasteiger partial charge on any atom is -0.466 e. The van der Waals surface area contributed by atoms with Gasteiger partial charge in [-0.25, -0.2) is 0 Å². The molecule has 0 aliphatic rings. The summed E-state index contributed by atoms with van der Waals surface area (Å²) in [6.45, 7) is 13.5. The number of ether oxygens (including phenoxy) is 2. The Balaban J connectivity index is 4.49. The normalized spacial score (nSPS) is 13.2. The van der Waals surface area contributed by atoms with E-state index < -0.39 is 0 Å². The molecule has 0 saturated heterocycles. The van der Waals surface area contributed by atoms with E-state index in [4.69, 9.17) is 9.47 Å². The van der Waals surface area contributed by atoms with Gasteiger partial charge < -0.3 is 24.6 Å². The zero-order chi connectivity index (χ0) is 41.9. The molecule has 0 aliphatic carbocycles. The summed E-state index contributed by atoms with van der Waals surface area (Å²) in [4.78, 5) is 27.6. The number of esters is 2. The van der Waals surface area contributed by atoms with Crippen LogP contribution >= 0.6 is 0 Å². The molecule has 0 aromatic rings. The second-order valence-electron chi connectivity index (χ2n) is 17.7. The van der Waals surface area contributed by atoms with Gasteiger partial charge in [0.15, 0.2) is 0 Å². The summed E-state index contributed by atoms with van der Waals surface area (Å²) in [5, 5.41) is 19.2. The van der Waals surface area contributed by atoms with Gasteiger partial charge in [-0.3, -0.25) is 9.59 Å². The maximum absolute atomic E-state index is 12.6. The van der Waals surface area contributed by atoms with E-state index >= 15 is 0 Å². The lowest BCUT2D eigenvalue weighted by atomic mass is 9.92. The van der Waals surface area contributed by atoms with Crippen molar-refractivity contribution in [2.24, 2.45) is 17.8 Å². The monoisotopic (exact) mass is 810 g/mol. The van der Waals surface area contributed by atoms with E-state index in [-0.39, 0.29) is 25.2 Å². The van der Waals surface area contributed by atoms with Gasteiger partial charge in [-0.15, -0.1) is 0 Å². The van der Waals surface area contributed by atoms with Gasteiger partial charge in [-0.05, 0) is 88.6 Å². The Morgan fingerprint density at radius 2 is 0.772 bits per heavy atom. The van der Waals surface area contributed by atoms with Gasteiger partial charge in [-0.1, -0.05) is 175 Å². The van der Waals surface area contributed by atoms with Crippen LogP contribution in [0.25, 0.3) is 0 Å². The standard InChI is InChI=1S/C50H99NO6/c1-5-9-13-15-21-31-46(29-19-11-7-3)37-43-56-49(54)34-23-17-18-26-39-51(40-27-28-41-52)45-48(36-42-53)33-24-25-35-50(55)57-44-38-47(30-20-12-8-4)32-22-16-14-10-6-2/h46-48,52-53H,5-45H2,1-4H3. The fraction of sp³-hybridized carbons (Fsp3) is 0.960. The average Bonchev–Trinajstić information content (AvgIpc) is 3.20. The van der Waals surface area contributed by atoms with Crippen molar-refractivity contribution in [1.29, 1.82) is 0 Å². The van der Waals surface area contributed by atoms with E-state index in [9.17, 15) is 19.8 Å². The van der Waals surface area contributed by atoms with E-state index in [0.29, 0.717) is 43.8 Å². The van der Waals surface area contributed by atoms with Gasteiger partial charge >= 0.3 is 11.9 Å². The number of nitrogens with zero attached hydrogens (tertiary/aromatic N) is 1. The van der Waals surface area contributed by atoms with Crippen molar-refractivity contribution < 1.29 is 29.3 Å². The van der Waals surface area contributed by atoms with E-state index in [1.165, 1.54) is 128 Å². The highest BCUT2D eigenvalue weighted by atomic mass is 16.5. The molecule has 0 spiro atoms. The van der Waals surface area contributed by atoms with Crippen LogP contribution in [0.2, 0.25) is 0 Å². The van der Waals surface area contributed by atoms with Crippen LogP contribution in [0.3, 0.4) is 0 Å². The number of unbranched alkanes of at least 4 members (excludes halogenated alkanes) is 17. The molecule has 7 heteroatoms. The lowest BCUT2D eigenvalue weighted by molar-refractivity contribution is -0.145. The zero-order valence-electron chi connectivity index (χ0n) is 38.7. The second-order valence-corrected chi connectivity index (χ2v) is 17.7. The van der Waals surface area contributed by atoms with E-state index in [2.05, 4.69) is 32.6 Å². The Morgan fingerprint density at radius 3 is 1.25 bits per heavy atom. The molecule has 3 atom stereocenters. The molecule has 0 aromatic heterocycles. The second kappa shape index (κ2) is 44.4. The quantitative estimate of drug-likeness (QED) is 0.0467. The third kappa shape index (κ3) is 38.8. The fourth-order valence-corrected chi connectivity index (χ4v) is 8.41.